The van der Waals surface area contributed by atoms with Crippen molar-refractivity contribution < 1.29 is 9.53 Å². The zero-order chi connectivity index (χ0) is 17.4. The predicted molar refractivity (Wildman–Crippen MR) is 92.2 cm³/mol. The van der Waals surface area contributed by atoms with Crippen LogP contribution in [0.15, 0.2) is 30.6 Å². The van der Waals surface area contributed by atoms with Crippen molar-refractivity contribution in [3.8, 4) is 0 Å². The number of aryl methyl sites for hydroxylation is 2. The maximum Gasteiger partial charge on any atom is 0.254 e. The highest BCUT2D eigenvalue weighted by Crippen LogP contribution is 2.23. The second-order valence-electron chi connectivity index (χ2n) is 6.23. The zero-order valence-corrected chi connectivity index (χ0v) is 14.2. The van der Waals surface area contributed by atoms with Crippen LogP contribution in [0.2, 0.25) is 0 Å². The topological polar surface area (TPSA) is 84.0 Å². The summed E-state index contributed by atoms with van der Waals surface area (Å²) in [6.45, 7) is 5.34. The second-order valence-corrected chi connectivity index (χ2v) is 6.23. The van der Waals surface area contributed by atoms with Crippen molar-refractivity contribution in [3.05, 3.63) is 53.4 Å². The van der Waals surface area contributed by atoms with Gasteiger partial charge in [-0.25, -0.2) is 15.0 Å². The summed E-state index contributed by atoms with van der Waals surface area (Å²) in [5, 5.41) is 0. The number of carbonyl (C=O) groups excluding carboxylic acids is 1. The number of H-pyrrole nitrogens is 1. The smallest absolute Gasteiger partial charge is 0.254 e. The molecule has 1 atom stereocenters. The lowest BCUT2D eigenvalue weighted by molar-refractivity contribution is -0.0248. The molecule has 1 aromatic carbocycles. The van der Waals surface area contributed by atoms with E-state index in [9.17, 15) is 4.79 Å². The maximum atomic E-state index is 12.9. The largest absolute Gasteiger partial charge is 0.368 e. The maximum absolute atomic E-state index is 12.9. The Morgan fingerprint density at radius 2 is 2.16 bits per heavy atom. The first-order valence-electron chi connectivity index (χ1n) is 8.26. The molecular formula is C18H19N5O2. The van der Waals surface area contributed by atoms with Crippen LogP contribution in [0.1, 0.15) is 33.7 Å². The van der Waals surface area contributed by atoms with E-state index in [2.05, 4.69) is 19.9 Å². The standard InChI is InChI=1S/C18H19N5O2/c1-11-7-16(22-12(2)21-11)17-9-23(5-6-25-17)18(24)13-3-4-14-15(8-13)20-10-19-14/h3-4,7-8,10,17H,5-6,9H2,1-2H3,(H,19,20)/t17-/m0/s1. The van der Waals surface area contributed by atoms with Crippen LogP contribution in [0.4, 0.5) is 0 Å². The van der Waals surface area contributed by atoms with Gasteiger partial charge in [-0.2, -0.15) is 0 Å². The number of aromatic nitrogens is 4. The number of rotatable bonds is 2. The molecule has 128 valence electrons. The lowest BCUT2D eigenvalue weighted by Crippen LogP contribution is -2.42. The first-order chi connectivity index (χ1) is 12.1. The van der Waals surface area contributed by atoms with E-state index in [-0.39, 0.29) is 12.0 Å². The summed E-state index contributed by atoms with van der Waals surface area (Å²) in [6, 6.07) is 7.43. The van der Waals surface area contributed by atoms with Gasteiger partial charge in [-0.15, -0.1) is 0 Å². The molecule has 1 N–H and O–H groups in total. The quantitative estimate of drug-likeness (QED) is 0.775. The average molecular weight is 337 g/mol. The molecule has 1 saturated heterocycles. The van der Waals surface area contributed by atoms with Gasteiger partial charge in [0.2, 0.25) is 0 Å². The number of nitrogens with one attached hydrogen (secondary N) is 1. The molecule has 3 heterocycles. The Balaban J connectivity index is 1.56. The van der Waals surface area contributed by atoms with E-state index < -0.39 is 0 Å². The van der Waals surface area contributed by atoms with E-state index in [1.165, 1.54) is 0 Å². The Morgan fingerprint density at radius 3 is 3.00 bits per heavy atom. The molecule has 0 unspecified atom stereocenters. The van der Waals surface area contributed by atoms with Gasteiger partial charge in [0.15, 0.2) is 0 Å². The van der Waals surface area contributed by atoms with Crippen LogP contribution in [-0.2, 0) is 4.74 Å². The number of hydrogen-bond acceptors (Lipinski definition) is 5. The third-order valence-electron chi connectivity index (χ3n) is 4.34. The molecule has 1 amide bonds. The van der Waals surface area contributed by atoms with Gasteiger partial charge in [-0.1, -0.05) is 0 Å². The lowest BCUT2D eigenvalue weighted by Gasteiger charge is -2.33. The van der Waals surface area contributed by atoms with E-state index in [1.54, 1.807) is 6.33 Å². The average Bonchev–Trinajstić information content (AvgIpc) is 3.08. The summed E-state index contributed by atoms with van der Waals surface area (Å²) < 4.78 is 5.85. The normalized spacial score (nSPS) is 17.8. The molecular weight excluding hydrogens is 318 g/mol. The van der Waals surface area contributed by atoms with Crippen molar-refractivity contribution in [3.63, 3.8) is 0 Å². The number of aromatic amines is 1. The second kappa shape index (κ2) is 6.25. The van der Waals surface area contributed by atoms with Gasteiger partial charge < -0.3 is 14.6 Å². The Kier molecular flexibility index (Phi) is 3.93. The summed E-state index contributed by atoms with van der Waals surface area (Å²) >= 11 is 0. The van der Waals surface area contributed by atoms with E-state index in [1.807, 2.05) is 43.0 Å². The Labute approximate surface area is 145 Å². The minimum absolute atomic E-state index is 0.00713. The highest BCUT2D eigenvalue weighted by atomic mass is 16.5. The fraction of sp³-hybridized carbons (Fsp3) is 0.333. The molecule has 0 aliphatic carbocycles. The molecule has 25 heavy (non-hydrogen) atoms. The molecule has 4 rings (SSSR count). The monoisotopic (exact) mass is 337 g/mol. The fourth-order valence-corrected chi connectivity index (χ4v) is 3.17. The fourth-order valence-electron chi connectivity index (χ4n) is 3.17. The van der Waals surface area contributed by atoms with E-state index in [0.717, 1.165) is 22.4 Å². The van der Waals surface area contributed by atoms with Crippen LogP contribution in [0.25, 0.3) is 11.0 Å². The first kappa shape index (κ1) is 15.7. The summed E-state index contributed by atoms with van der Waals surface area (Å²) in [7, 11) is 0. The van der Waals surface area contributed by atoms with Crippen molar-refractivity contribution in [2.75, 3.05) is 19.7 Å². The number of amides is 1. The number of imidazole rings is 1. The van der Waals surface area contributed by atoms with Crippen LogP contribution in [-0.4, -0.2) is 50.4 Å². The van der Waals surface area contributed by atoms with E-state index >= 15 is 0 Å². The Hall–Kier alpha value is -2.80. The Morgan fingerprint density at radius 1 is 1.28 bits per heavy atom. The van der Waals surface area contributed by atoms with Gasteiger partial charge in [-0.05, 0) is 38.1 Å². The number of carbonyl (C=O) groups is 1. The highest BCUT2D eigenvalue weighted by molar-refractivity contribution is 5.97. The number of ether oxygens (including phenoxy) is 1. The number of nitrogens with zero attached hydrogens (tertiary/aromatic N) is 4. The molecule has 7 heteroatoms. The summed E-state index contributed by atoms with van der Waals surface area (Å²) in [4.78, 5) is 30.7. The summed E-state index contributed by atoms with van der Waals surface area (Å²) in [6.07, 6.45) is 1.40. The summed E-state index contributed by atoms with van der Waals surface area (Å²) in [5.74, 6) is 0.707. The lowest BCUT2D eigenvalue weighted by atomic mass is 10.1. The summed E-state index contributed by atoms with van der Waals surface area (Å²) in [5.41, 5.74) is 4.08. The molecule has 0 spiro atoms. The molecule has 7 nitrogen and oxygen atoms in total. The van der Waals surface area contributed by atoms with Gasteiger partial charge in [0, 0.05) is 17.8 Å². The molecule has 1 aliphatic rings. The molecule has 0 radical (unpaired) electrons. The minimum atomic E-state index is -0.228. The first-order valence-corrected chi connectivity index (χ1v) is 8.26. The Bertz CT molecular complexity index is 916. The number of hydrogen-bond donors (Lipinski definition) is 1. The molecule has 0 saturated carbocycles. The number of benzene rings is 1. The minimum Gasteiger partial charge on any atom is -0.368 e. The van der Waals surface area contributed by atoms with Crippen LogP contribution in [0.5, 0.6) is 0 Å². The number of morpholine rings is 1. The third-order valence-corrected chi connectivity index (χ3v) is 4.34. The predicted octanol–water partition coefficient (Wildman–Crippen LogP) is 2.18. The molecule has 1 aliphatic heterocycles. The molecule has 0 bridgehead atoms. The van der Waals surface area contributed by atoms with Gasteiger partial charge in [0.25, 0.3) is 5.91 Å². The van der Waals surface area contributed by atoms with Crippen molar-refractivity contribution in [2.24, 2.45) is 0 Å². The van der Waals surface area contributed by atoms with Gasteiger partial charge in [-0.3, -0.25) is 4.79 Å². The van der Waals surface area contributed by atoms with Gasteiger partial charge in [0.05, 0.1) is 36.2 Å². The van der Waals surface area contributed by atoms with Crippen LogP contribution >= 0.6 is 0 Å². The SMILES string of the molecule is Cc1cc([C@@H]2CN(C(=O)c3ccc4nc[nH]c4c3)CCO2)nc(C)n1. The molecule has 2 aromatic heterocycles. The highest BCUT2D eigenvalue weighted by Gasteiger charge is 2.27. The van der Waals surface area contributed by atoms with Crippen LogP contribution < -0.4 is 0 Å². The van der Waals surface area contributed by atoms with Crippen molar-refractivity contribution in [1.29, 1.82) is 0 Å². The van der Waals surface area contributed by atoms with E-state index in [4.69, 9.17) is 4.74 Å². The van der Waals surface area contributed by atoms with Gasteiger partial charge >= 0.3 is 0 Å². The number of fused-ring (bicyclic) bond motifs is 1. The third kappa shape index (κ3) is 3.10. The van der Waals surface area contributed by atoms with Crippen molar-refractivity contribution in [2.45, 2.75) is 20.0 Å². The van der Waals surface area contributed by atoms with Gasteiger partial charge in [0.1, 0.15) is 11.9 Å². The van der Waals surface area contributed by atoms with Crippen LogP contribution in [0, 0.1) is 13.8 Å². The van der Waals surface area contributed by atoms with Crippen molar-refractivity contribution >= 4 is 16.9 Å². The molecule has 3 aromatic rings. The molecule has 1 fully saturated rings. The van der Waals surface area contributed by atoms with Crippen LogP contribution in [0.3, 0.4) is 0 Å². The van der Waals surface area contributed by atoms with Crippen molar-refractivity contribution in [1.82, 2.24) is 24.8 Å². The van der Waals surface area contributed by atoms with E-state index in [0.29, 0.717) is 31.1 Å². The zero-order valence-electron chi connectivity index (χ0n) is 14.2.